The Labute approximate surface area is 336 Å². The fourth-order valence-corrected chi connectivity index (χ4v) is 8.56. The second-order valence-corrected chi connectivity index (χ2v) is 14.8. The van der Waals surface area contributed by atoms with E-state index in [-0.39, 0.29) is 0 Å². The fraction of sp³-hybridized carbons (Fsp3) is 0.0185. The van der Waals surface area contributed by atoms with Crippen LogP contribution >= 0.6 is 0 Å². The van der Waals surface area contributed by atoms with Crippen LogP contribution in [-0.2, 0) is 7.05 Å². The van der Waals surface area contributed by atoms with E-state index in [1.54, 1.807) is 6.08 Å². The van der Waals surface area contributed by atoms with E-state index in [1.165, 1.54) is 59.9 Å². The van der Waals surface area contributed by atoms with Crippen LogP contribution < -0.4 is 5.73 Å². The number of nitrogens with two attached hydrogens (primary N) is 1. The van der Waals surface area contributed by atoms with Gasteiger partial charge >= 0.3 is 0 Å². The van der Waals surface area contributed by atoms with Crippen LogP contribution in [0.5, 0.6) is 0 Å². The number of aromatic nitrogens is 2. The molecule has 4 nitrogen and oxygen atoms in total. The number of hydrogen-bond acceptors (Lipinski definition) is 2. The third-order valence-corrected chi connectivity index (χ3v) is 11.4. The number of rotatable bonds is 5. The number of hydrogen-bond donors (Lipinski definition) is 2. The lowest BCUT2D eigenvalue weighted by atomic mass is 9.99. The minimum atomic E-state index is 0.394. The van der Waals surface area contributed by atoms with Gasteiger partial charge in [0.2, 0.25) is 0 Å². The van der Waals surface area contributed by atoms with Gasteiger partial charge in [0.1, 0.15) is 0 Å². The summed E-state index contributed by atoms with van der Waals surface area (Å²) in [6.07, 6.45) is 1.73. The van der Waals surface area contributed by atoms with Gasteiger partial charge < -0.3 is 20.1 Å². The molecule has 11 aromatic rings. The van der Waals surface area contributed by atoms with E-state index in [0.717, 1.165) is 33.4 Å². The second-order valence-electron chi connectivity index (χ2n) is 14.8. The molecule has 0 fully saturated rings. The first kappa shape index (κ1) is 34.8. The number of benzene rings is 8. The molecule has 4 heteroatoms. The first-order valence-electron chi connectivity index (χ1n) is 19.6. The summed E-state index contributed by atoms with van der Waals surface area (Å²) in [6.45, 7) is 0. The standard InChI is InChI=1S/C27H18N2.C27H22N2/c1-28-23-12-6-4-11-21(23)22-15-14-17-16-25-20-10-3-2-8-18(20)19-9-5-7-13-24(19)29(25)26(17)27(22)28;28-26(24-15-7-13-22(17-24)20-9-3-1-4-10-20)19-27(29)25-16-8-14-23(18-25)21-11-5-2-6-12-21/h2-16H,1H3;1-19,28H,29H2/b;27-19-,28-26?. The highest BCUT2D eigenvalue weighted by Crippen LogP contribution is 2.39. The molecule has 11 rings (SSSR count). The maximum absolute atomic E-state index is 8.53. The van der Waals surface area contributed by atoms with Crippen molar-refractivity contribution >= 4 is 71.3 Å². The number of aryl methyl sites for hydroxylation is 1. The quantitative estimate of drug-likeness (QED) is 0.134. The van der Waals surface area contributed by atoms with Crippen molar-refractivity contribution in [2.75, 3.05) is 0 Å². The highest BCUT2D eigenvalue weighted by atomic mass is 15.0. The van der Waals surface area contributed by atoms with Crippen molar-refractivity contribution in [1.82, 2.24) is 8.97 Å². The van der Waals surface area contributed by atoms with Crippen molar-refractivity contribution in [3.8, 4) is 22.3 Å². The third kappa shape index (κ3) is 5.99. The summed E-state index contributed by atoms with van der Waals surface area (Å²) in [5.41, 5.74) is 19.9. The van der Waals surface area contributed by atoms with E-state index in [0.29, 0.717) is 11.4 Å². The molecule has 3 aromatic heterocycles. The summed E-state index contributed by atoms with van der Waals surface area (Å²) < 4.78 is 4.82. The van der Waals surface area contributed by atoms with Gasteiger partial charge in [0.05, 0.1) is 27.8 Å². The predicted molar refractivity (Wildman–Crippen MR) is 247 cm³/mol. The smallest absolute Gasteiger partial charge is 0.0779 e. The Morgan fingerprint density at radius 2 is 0.931 bits per heavy atom. The lowest BCUT2D eigenvalue weighted by Gasteiger charge is -2.11. The van der Waals surface area contributed by atoms with E-state index in [4.69, 9.17) is 11.1 Å². The average molecular weight is 745 g/mol. The van der Waals surface area contributed by atoms with Crippen LogP contribution in [0.3, 0.4) is 0 Å². The van der Waals surface area contributed by atoms with Gasteiger partial charge in [0.25, 0.3) is 0 Å². The molecule has 0 bridgehead atoms. The summed E-state index contributed by atoms with van der Waals surface area (Å²) in [5.74, 6) is 0. The van der Waals surface area contributed by atoms with Gasteiger partial charge in [-0.25, -0.2) is 0 Å². The van der Waals surface area contributed by atoms with Gasteiger partial charge in [-0.3, -0.25) is 0 Å². The summed E-state index contributed by atoms with van der Waals surface area (Å²) in [7, 11) is 2.19. The SMILES string of the molecule is Cn1c2ccccc2c2ccc3cc4c5ccccc5c5ccccc5n4c3c21.N=C(/C=C(\N)c1cccc(-c2ccccc2)c1)c1cccc(-c2ccccc2)c1. The Kier molecular flexibility index (Phi) is 8.65. The lowest BCUT2D eigenvalue weighted by Crippen LogP contribution is -2.03. The number of nitrogens with one attached hydrogen (secondary N) is 1. The Morgan fingerprint density at radius 1 is 0.431 bits per heavy atom. The average Bonchev–Trinajstić information content (AvgIpc) is 3.83. The van der Waals surface area contributed by atoms with Crippen LogP contribution in [0.4, 0.5) is 0 Å². The fourth-order valence-electron chi connectivity index (χ4n) is 8.56. The molecule has 3 heterocycles. The van der Waals surface area contributed by atoms with E-state index in [9.17, 15) is 0 Å². The predicted octanol–water partition coefficient (Wildman–Crippen LogP) is 13.4. The highest BCUT2D eigenvalue weighted by molar-refractivity contribution is 6.22. The van der Waals surface area contributed by atoms with E-state index < -0.39 is 0 Å². The molecule has 0 aliphatic carbocycles. The van der Waals surface area contributed by atoms with Gasteiger partial charge in [0.15, 0.2) is 0 Å². The molecule has 8 aromatic carbocycles. The summed E-state index contributed by atoms with van der Waals surface area (Å²) in [5, 5.41) is 16.3. The Morgan fingerprint density at radius 3 is 1.59 bits per heavy atom. The molecule has 58 heavy (non-hydrogen) atoms. The molecule has 0 amide bonds. The van der Waals surface area contributed by atoms with Crippen LogP contribution in [0.15, 0.2) is 206 Å². The largest absolute Gasteiger partial charge is 0.398 e. The van der Waals surface area contributed by atoms with Crippen LogP contribution in [0.1, 0.15) is 11.1 Å². The van der Waals surface area contributed by atoms with E-state index in [2.05, 4.69) is 149 Å². The van der Waals surface area contributed by atoms with Crippen molar-refractivity contribution in [1.29, 1.82) is 5.41 Å². The van der Waals surface area contributed by atoms with Crippen LogP contribution in [0.2, 0.25) is 0 Å². The molecule has 0 spiro atoms. The van der Waals surface area contributed by atoms with Crippen molar-refractivity contribution in [3.05, 3.63) is 217 Å². The van der Waals surface area contributed by atoms with Gasteiger partial charge in [-0.1, -0.05) is 170 Å². The van der Waals surface area contributed by atoms with Crippen LogP contribution in [0, 0.1) is 5.41 Å². The molecule has 0 saturated carbocycles. The summed E-state index contributed by atoms with van der Waals surface area (Å²) in [6, 6.07) is 69.6. The number of nitrogens with zero attached hydrogens (tertiary/aromatic N) is 2. The molecule has 0 aliphatic heterocycles. The minimum Gasteiger partial charge on any atom is -0.398 e. The second kappa shape index (κ2) is 14.4. The number of para-hydroxylation sites is 2. The molecular formula is C54H40N4. The Balaban J connectivity index is 0.000000141. The molecule has 0 radical (unpaired) electrons. The first-order valence-corrected chi connectivity index (χ1v) is 19.6. The summed E-state index contributed by atoms with van der Waals surface area (Å²) >= 11 is 0. The molecule has 0 saturated heterocycles. The van der Waals surface area contributed by atoms with Crippen LogP contribution in [0.25, 0.3) is 87.9 Å². The normalized spacial score (nSPS) is 11.8. The molecule has 3 N–H and O–H groups in total. The van der Waals surface area contributed by atoms with E-state index >= 15 is 0 Å². The zero-order valence-corrected chi connectivity index (χ0v) is 32.1. The van der Waals surface area contributed by atoms with E-state index in [1.807, 2.05) is 66.7 Å². The number of pyridine rings is 1. The maximum Gasteiger partial charge on any atom is 0.0779 e. The summed E-state index contributed by atoms with van der Waals surface area (Å²) in [4.78, 5) is 0. The number of fused-ring (bicyclic) bond motifs is 12. The zero-order valence-electron chi connectivity index (χ0n) is 32.1. The lowest BCUT2D eigenvalue weighted by molar-refractivity contribution is 1.02. The maximum atomic E-state index is 8.53. The third-order valence-electron chi connectivity index (χ3n) is 11.4. The molecule has 276 valence electrons. The first-order chi connectivity index (χ1) is 28.5. The van der Waals surface area contributed by atoms with Crippen molar-refractivity contribution in [2.24, 2.45) is 12.8 Å². The molecule has 0 aliphatic rings. The van der Waals surface area contributed by atoms with Gasteiger partial charge in [-0.2, -0.15) is 0 Å². The van der Waals surface area contributed by atoms with Gasteiger partial charge in [-0.05, 0) is 69.6 Å². The molecular weight excluding hydrogens is 705 g/mol. The Bertz CT molecular complexity index is 3370. The van der Waals surface area contributed by atoms with Crippen molar-refractivity contribution in [2.45, 2.75) is 0 Å². The highest BCUT2D eigenvalue weighted by Gasteiger charge is 2.17. The van der Waals surface area contributed by atoms with Crippen molar-refractivity contribution in [3.63, 3.8) is 0 Å². The topological polar surface area (TPSA) is 59.2 Å². The minimum absolute atomic E-state index is 0.394. The zero-order chi connectivity index (χ0) is 39.2. The Hall–Kier alpha value is -7.69. The van der Waals surface area contributed by atoms with Crippen LogP contribution in [-0.4, -0.2) is 14.7 Å². The van der Waals surface area contributed by atoms with Gasteiger partial charge in [-0.15, -0.1) is 0 Å². The molecule has 0 atom stereocenters. The van der Waals surface area contributed by atoms with Crippen molar-refractivity contribution < 1.29 is 0 Å². The monoisotopic (exact) mass is 744 g/mol. The number of allylic oxidation sites excluding steroid dienone is 1. The van der Waals surface area contributed by atoms with Gasteiger partial charge in [0, 0.05) is 50.8 Å². The molecule has 0 unspecified atom stereocenters.